The maximum Gasteiger partial charge on any atom is 0.343 e. The first-order valence-corrected chi connectivity index (χ1v) is 9.68. The van der Waals surface area contributed by atoms with Gasteiger partial charge in [-0.15, -0.1) is 0 Å². The molecule has 0 amide bonds. The van der Waals surface area contributed by atoms with Crippen molar-refractivity contribution in [2.45, 2.75) is 33.3 Å². The van der Waals surface area contributed by atoms with Gasteiger partial charge in [-0.25, -0.2) is 4.79 Å². The van der Waals surface area contributed by atoms with Crippen LogP contribution < -0.4 is 9.47 Å². The van der Waals surface area contributed by atoms with E-state index in [9.17, 15) is 4.79 Å². The third-order valence-electron chi connectivity index (χ3n) is 4.46. The van der Waals surface area contributed by atoms with E-state index in [4.69, 9.17) is 9.47 Å². The number of esters is 1. The van der Waals surface area contributed by atoms with Crippen molar-refractivity contribution in [2.75, 3.05) is 0 Å². The maximum absolute atomic E-state index is 12.3. The molecule has 0 atom stereocenters. The summed E-state index contributed by atoms with van der Waals surface area (Å²) in [4.78, 5) is 12.3. The number of para-hydroxylation sites is 1. The Morgan fingerprint density at radius 2 is 1.57 bits per heavy atom. The highest BCUT2D eigenvalue weighted by Crippen LogP contribution is 2.18. The molecule has 3 nitrogen and oxygen atoms in total. The molecular weight excluding hydrogens is 348 g/mol. The van der Waals surface area contributed by atoms with Gasteiger partial charge in [-0.3, -0.25) is 0 Å². The summed E-state index contributed by atoms with van der Waals surface area (Å²) in [6.45, 7) is 4.88. The Hall–Kier alpha value is -3.07. The third kappa shape index (κ3) is 5.98. The largest absolute Gasteiger partial charge is 0.489 e. The summed E-state index contributed by atoms with van der Waals surface area (Å²) in [5.41, 5.74) is 2.76. The van der Waals surface area contributed by atoms with Crippen LogP contribution in [0, 0.1) is 5.92 Å². The van der Waals surface area contributed by atoms with E-state index in [0.717, 1.165) is 17.7 Å². The molecule has 0 unspecified atom stereocenters. The molecule has 0 aromatic heterocycles. The number of aryl methyl sites for hydroxylation is 1. The fourth-order valence-electron chi connectivity index (χ4n) is 2.82. The lowest BCUT2D eigenvalue weighted by Crippen LogP contribution is -2.09. The summed E-state index contributed by atoms with van der Waals surface area (Å²) in [7, 11) is 0. The van der Waals surface area contributed by atoms with Gasteiger partial charge in [0.05, 0.1) is 5.56 Å². The average Bonchev–Trinajstić information content (AvgIpc) is 2.72. The van der Waals surface area contributed by atoms with Crippen LogP contribution in [0.1, 0.15) is 41.8 Å². The van der Waals surface area contributed by atoms with Gasteiger partial charge in [0.25, 0.3) is 0 Å². The summed E-state index contributed by atoms with van der Waals surface area (Å²) in [6.07, 6.45) is 2.27. The molecule has 144 valence electrons. The van der Waals surface area contributed by atoms with Gasteiger partial charge in [-0.1, -0.05) is 56.3 Å². The minimum absolute atomic E-state index is 0.373. The predicted octanol–water partition coefficient (Wildman–Crippen LogP) is 6.07. The summed E-state index contributed by atoms with van der Waals surface area (Å²) < 4.78 is 11.3. The first kappa shape index (κ1) is 19.7. The second kappa shape index (κ2) is 9.75. The molecule has 0 spiro atoms. The standard InChI is InChI=1S/C25H26O3/c1-19(2)11-12-20-13-15-23(16-14-20)27-18-21-7-6-8-22(17-21)25(26)28-24-9-4-3-5-10-24/h3-10,13-17,19H,11-12,18H2,1-2H3. The highest BCUT2D eigenvalue weighted by Gasteiger charge is 2.09. The van der Waals surface area contributed by atoms with E-state index in [1.54, 1.807) is 18.2 Å². The lowest BCUT2D eigenvalue weighted by Gasteiger charge is -2.09. The van der Waals surface area contributed by atoms with Crippen LogP contribution in [-0.2, 0) is 13.0 Å². The van der Waals surface area contributed by atoms with E-state index in [1.165, 1.54) is 12.0 Å². The van der Waals surface area contributed by atoms with Crippen LogP contribution in [0.15, 0.2) is 78.9 Å². The molecule has 28 heavy (non-hydrogen) atoms. The molecule has 3 heteroatoms. The molecule has 0 saturated carbocycles. The van der Waals surface area contributed by atoms with E-state index in [2.05, 4.69) is 26.0 Å². The van der Waals surface area contributed by atoms with Crippen LogP contribution in [0.5, 0.6) is 11.5 Å². The molecule has 0 aliphatic heterocycles. The van der Waals surface area contributed by atoms with Crippen LogP contribution in [0.2, 0.25) is 0 Å². The molecule has 3 aromatic rings. The van der Waals surface area contributed by atoms with Crippen molar-refractivity contribution in [2.24, 2.45) is 5.92 Å². The molecular formula is C25H26O3. The fourth-order valence-corrected chi connectivity index (χ4v) is 2.82. The van der Waals surface area contributed by atoms with Crippen LogP contribution >= 0.6 is 0 Å². The van der Waals surface area contributed by atoms with Gasteiger partial charge in [-0.2, -0.15) is 0 Å². The van der Waals surface area contributed by atoms with Gasteiger partial charge in [0.2, 0.25) is 0 Å². The molecule has 0 aliphatic rings. The van der Waals surface area contributed by atoms with Gasteiger partial charge < -0.3 is 9.47 Å². The molecule has 0 fully saturated rings. The Morgan fingerprint density at radius 1 is 0.821 bits per heavy atom. The number of benzene rings is 3. The molecule has 3 rings (SSSR count). The molecule has 3 aromatic carbocycles. The van der Waals surface area contributed by atoms with Crippen LogP contribution in [0.25, 0.3) is 0 Å². The van der Waals surface area contributed by atoms with Gasteiger partial charge >= 0.3 is 5.97 Å². The maximum atomic E-state index is 12.3. The molecule has 0 aliphatic carbocycles. The van der Waals surface area contributed by atoms with Crippen LogP contribution in [0.4, 0.5) is 0 Å². The number of carbonyl (C=O) groups excluding carboxylic acids is 1. The van der Waals surface area contributed by atoms with Crippen LogP contribution in [-0.4, -0.2) is 5.97 Å². The Labute approximate surface area is 166 Å². The summed E-state index contributed by atoms with van der Waals surface area (Å²) in [6, 6.07) is 24.6. The van der Waals surface area contributed by atoms with Crippen molar-refractivity contribution >= 4 is 5.97 Å². The quantitative estimate of drug-likeness (QED) is 0.354. The lowest BCUT2D eigenvalue weighted by molar-refractivity contribution is 0.0734. The highest BCUT2D eigenvalue weighted by atomic mass is 16.5. The van der Waals surface area contributed by atoms with Crippen molar-refractivity contribution in [1.82, 2.24) is 0 Å². The molecule has 0 bridgehead atoms. The van der Waals surface area contributed by atoms with Gasteiger partial charge in [-0.05, 0) is 66.3 Å². The molecule has 0 N–H and O–H groups in total. The fraction of sp³-hybridized carbons (Fsp3) is 0.240. The molecule has 0 heterocycles. The molecule has 0 radical (unpaired) electrons. The number of carbonyl (C=O) groups is 1. The summed E-state index contributed by atoms with van der Waals surface area (Å²) in [5.74, 6) is 1.69. The predicted molar refractivity (Wildman–Crippen MR) is 112 cm³/mol. The highest BCUT2D eigenvalue weighted by molar-refractivity contribution is 5.91. The lowest BCUT2D eigenvalue weighted by atomic mass is 10.0. The van der Waals surface area contributed by atoms with Gasteiger partial charge in [0, 0.05) is 0 Å². The Morgan fingerprint density at radius 3 is 2.29 bits per heavy atom. The van der Waals surface area contributed by atoms with Crippen molar-refractivity contribution < 1.29 is 14.3 Å². The second-order valence-corrected chi connectivity index (χ2v) is 7.27. The van der Waals surface area contributed by atoms with E-state index in [0.29, 0.717) is 23.8 Å². The topological polar surface area (TPSA) is 35.5 Å². The monoisotopic (exact) mass is 374 g/mol. The van der Waals surface area contributed by atoms with Crippen LogP contribution in [0.3, 0.4) is 0 Å². The van der Waals surface area contributed by atoms with E-state index >= 15 is 0 Å². The van der Waals surface area contributed by atoms with E-state index < -0.39 is 0 Å². The van der Waals surface area contributed by atoms with Crippen molar-refractivity contribution in [3.05, 3.63) is 95.6 Å². The zero-order valence-electron chi connectivity index (χ0n) is 16.4. The van der Waals surface area contributed by atoms with Crippen molar-refractivity contribution in [3.8, 4) is 11.5 Å². The normalized spacial score (nSPS) is 10.7. The first-order valence-electron chi connectivity index (χ1n) is 9.68. The second-order valence-electron chi connectivity index (χ2n) is 7.27. The van der Waals surface area contributed by atoms with E-state index in [-0.39, 0.29) is 5.97 Å². The minimum atomic E-state index is -0.373. The zero-order valence-corrected chi connectivity index (χ0v) is 16.4. The Bertz CT molecular complexity index is 883. The number of hydrogen-bond donors (Lipinski definition) is 0. The van der Waals surface area contributed by atoms with Gasteiger partial charge in [0.15, 0.2) is 0 Å². The number of rotatable bonds is 8. The van der Waals surface area contributed by atoms with Crippen molar-refractivity contribution in [3.63, 3.8) is 0 Å². The summed E-state index contributed by atoms with van der Waals surface area (Å²) >= 11 is 0. The molecule has 0 saturated heterocycles. The minimum Gasteiger partial charge on any atom is -0.489 e. The zero-order chi connectivity index (χ0) is 19.8. The Balaban J connectivity index is 1.56. The Kier molecular flexibility index (Phi) is 6.85. The van der Waals surface area contributed by atoms with Crippen molar-refractivity contribution in [1.29, 1.82) is 0 Å². The van der Waals surface area contributed by atoms with E-state index in [1.807, 2.05) is 48.5 Å². The SMILES string of the molecule is CC(C)CCc1ccc(OCc2cccc(C(=O)Oc3ccccc3)c2)cc1. The van der Waals surface area contributed by atoms with Gasteiger partial charge in [0.1, 0.15) is 18.1 Å². The summed E-state index contributed by atoms with van der Waals surface area (Å²) in [5, 5.41) is 0. The smallest absolute Gasteiger partial charge is 0.343 e. The number of ether oxygens (including phenoxy) is 2. The average molecular weight is 374 g/mol. The number of hydrogen-bond acceptors (Lipinski definition) is 3. The third-order valence-corrected chi connectivity index (χ3v) is 4.46. The first-order chi connectivity index (χ1) is 13.6.